The first-order chi connectivity index (χ1) is 17.0. The van der Waals surface area contributed by atoms with Crippen LogP contribution < -0.4 is 33.2 Å². The molecular formula is C22H29N7O7. The minimum absolute atomic E-state index is 0.206. The van der Waals surface area contributed by atoms with Crippen molar-refractivity contribution in [2.75, 3.05) is 6.54 Å². The first-order valence-electron chi connectivity index (χ1n) is 10.9. The van der Waals surface area contributed by atoms with Gasteiger partial charge in [-0.2, -0.15) is 0 Å². The summed E-state index contributed by atoms with van der Waals surface area (Å²) in [4.78, 5) is 73.8. The van der Waals surface area contributed by atoms with E-state index in [1.54, 1.807) is 6.20 Å². The number of carbonyl (C=O) groups is 6. The number of H-pyrrole nitrogens is 1. The Morgan fingerprint density at radius 1 is 0.944 bits per heavy atom. The minimum atomic E-state index is -1.63. The highest BCUT2D eigenvalue weighted by molar-refractivity contribution is 5.94. The highest BCUT2D eigenvalue weighted by Crippen LogP contribution is 2.18. The van der Waals surface area contributed by atoms with Gasteiger partial charge in [0.05, 0.1) is 19.0 Å². The number of rotatable bonds is 14. The number of nitrogens with two attached hydrogens (primary N) is 3. The van der Waals surface area contributed by atoms with E-state index in [1.165, 1.54) is 0 Å². The summed E-state index contributed by atoms with van der Waals surface area (Å²) in [5, 5.41) is 16.8. The van der Waals surface area contributed by atoms with Gasteiger partial charge in [0.1, 0.15) is 12.1 Å². The Morgan fingerprint density at radius 3 is 2.28 bits per heavy atom. The van der Waals surface area contributed by atoms with Gasteiger partial charge in [0.25, 0.3) is 0 Å². The Kier molecular flexibility index (Phi) is 9.92. The van der Waals surface area contributed by atoms with Crippen LogP contribution in [0.25, 0.3) is 10.9 Å². The van der Waals surface area contributed by atoms with Crippen molar-refractivity contribution in [1.82, 2.24) is 20.9 Å². The van der Waals surface area contributed by atoms with E-state index in [4.69, 9.17) is 22.3 Å². The number of amides is 5. The fraction of sp³-hybridized carbons (Fsp3) is 0.364. The van der Waals surface area contributed by atoms with Crippen LogP contribution >= 0.6 is 0 Å². The van der Waals surface area contributed by atoms with E-state index < -0.39 is 66.6 Å². The maximum absolute atomic E-state index is 12.5. The van der Waals surface area contributed by atoms with Crippen LogP contribution in [0.5, 0.6) is 0 Å². The molecular weight excluding hydrogens is 474 g/mol. The summed E-state index contributed by atoms with van der Waals surface area (Å²) in [6.45, 7) is -0.537. The molecule has 0 aliphatic heterocycles. The number of carboxylic acids is 1. The Hall–Kier alpha value is -4.46. The normalized spacial score (nSPS) is 13.2. The van der Waals surface area contributed by atoms with Crippen molar-refractivity contribution in [2.24, 2.45) is 17.2 Å². The lowest BCUT2D eigenvalue weighted by atomic mass is 10.1. The SMILES string of the molecule is NC(=O)CCC(NC(=O)CNC(=O)C(N)Cc1c[nH]c2ccccc12)C(=O)NC(CC(N)=O)C(=O)O. The van der Waals surface area contributed by atoms with Gasteiger partial charge >= 0.3 is 5.97 Å². The highest BCUT2D eigenvalue weighted by Gasteiger charge is 2.28. The summed E-state index contributed by atoms with van der Waals surface area (Å²) in [5.74, 6) is -5.62. The standard InChI is InChI=1S/C22H29N7O7/c23-13(7-11-9-26-14-4-2-1-3-12(11)14)20(33)27-10-19(32)28-15(5-6-17(24)30)21(34)29-16(22(35)36)8-18(25)31/h1-4,9,13,15-16,26H,5-8,10,23H2,(H2,24,30)(H2,25,31)(H,27,33)(H,28,32)(H,29,34)(H,35,36). The van der Waals surface area contributed by atoms with E-state index in [-0.39, 0.29) is 19.3 Å². The minimum Gasteiger partial charge on any atom is -0.480 e. The lowest BCUT2D eigenvalue weighted by molar-refractivity contribution is -0.143. The molecule has 0 aliphatic rings. The number of carboxylic acid groups (broad SMARTS) is 1. The van der Waals surface area contributed by atoms with Gasteiger partial charge in [0.2, 0.25) is 29.5 Å². The molecule has 0 saturated heterocycles. The van der Waals surface area contributed by atoms with Gasteiger partial charge in [-0.15, -0.1) is 0 Å². The molecule has 2 rings (SSSR count). The summed E-state index contributed by atoms with van der Waals surface area (Å²) >= 11 is 0. The topological polar surface area (TPSA) is 253 Å². The molecule has 1 aromatic carbocycles. The summed E-state index contributed by atoms with van der Waals surface area (Å²) in [6.07, 6.45) is 0.728. The zero-order valence-electron chi connectivity index (χ0n) is 19.3. The monoisotopic (exact) mass is 503 g/mol. The van der Waals surface area contributed by atoms with Crippen molar-refractivity contribution in [3.05, 3.63) is 36.0 Å². The van der Waals surface area contributed by atoms with Gasteiger partial charge in [0, 0.05) is 23.5 Å². The van der Waals surface area contributed by atoms with Crippen molar-refractivity contribution < 1.29 is 33.9 Å². The Balaban J connectivity index is 1.94. The predicted octanol–water partition coefficient (Wildman–Crippen LogP) is -2.65. The first kappa shape index (κ1) is 27.8. The third kappa shape index (κ3) is 8.39. The number of primary amides is 2. The number of carbonyl (C=O) groups excluding carboxylic acids is 5. The number of hydrogen-bond donors (Lipinski definition) is 8. The van der Waals surface area contributed by atoms with E-state index >= 15 is 0 Å². The molecule has 1 aromatic heterocycles. The van der Waals surface area contributed by atoms with E-state index in [9.17, 15) is 28.8 Å². The van der Waals surface area contributed by atoms with Gasteiger partial charge in [-0.1, -0.05) is 18.2 Å². The molecule has 14 heteroatoms. The molecule has 3 unspecified atom stereocenters. The van der Waals surface area contributed by atoms with Gasteiger partial charge in [-0.3, -0.25) is 24.0 Å². The van der Waals surface area contributed by atoms with E-state index in [2.05, 4.69) is 20.9 Å². The smallest absolute Gasteiger partial charge is 0.326 e. The molecule has 194 valence electrons. The quantitative estimate of drug-likeness (QED) is 0.135. The zero-order valence-corrected chi connectivity index (χ0v) is 19.3. The van der Waals surface area contributed by atoms with Crippen LogP contribution in [0.2, 0.25) is 0 Å². The average Bonchev–Trinajstić information content (AvgIpc) is 3.21. The van der Waals surface area contributed by atoms with Gasteiger partial charge < -0.3 is 43.2 Å². The molecule has 36 heavy (non-hydrogen) atoms. The van der Waals surface area contributed by atoms with Crippen molar-refractivity contribution in [3.8, 4) is 0 Å². The van der Waals surface area contributed by atoms with Crippen LogP contribution in [0.3, 0.4) is 0 Å². The molecule has 5 amide bonds. The van der Waals surface area contributed by atoms with E-state index in [0.717, 1.165) is 16.5 Å². The van der Waals surface area contributed by atoms with Crippen LogP contribution in [0.4, 0.5) is 0 Å². The number of aromatic nitrogens is 1. The molecule has 0 spiro atoms. The van der Waals surface area contributed by atoms with Crippen molar-refractivity contribution in [1.29, 1.82) is 0 Å². The van der Waals surface area contributed by atoms with Crippen molar-refractivity contribution in [2.45, 2.75) is 43.8 Å². The third-order valence-electron chi connectivity index (χ3n) is 5.23. The maximum atomic E-state index is 12.5. The molecule has 2 aromatic rings. The molecule has 0 bridgehead atoms. The highest BCUT2D eigenvalue weighted by atomic mass is 16.4. The number of aromatic amines is 1. The maximum Gasteiger partial charge on any atom is 0.326 e. The molecule has 1 heterocycles. The summed E-state index contributed by atoms with van der Waals surface area (Å²) < 4.78 is 0. The van der Waals surface area contributed by atoms with E-state index in [1.807, 2.05) is 24.3 Å². The largest absolute Gasteiger partial charge is 0.480 e. The van der Waals surface area contributed by atoms with Crippen LogP contribution in [0.1, 0.15) is 24.8 Å². The summed E-state index contributed by atoms with van der Waals surface area (Å²) in [5.41, 5.74) is 17.8. The van der Waals surface area contributed by atoms with Crippen LogP contribution in [-0.2, 0) is 35.2 Å². The average molecular weight is 504 g/mol. The number of aliphatic carboxylic acids is 1. The molecule has 0 aliphatic carbocycles. The van der Waals surface area contributed by atoms with Gasteiger partial charge in [-0.25, -0.2) is 4.79 Å². The first-order valence-corrected chi connectivity index (χ1v) is 10.9. The number of hydrogen-bond acceptors (Lipinski definition) is 7. The van der Waals surface area contributed by atoms with E-state index in [0.29, 0.717) is 0 Å². The number of para-hydroxylation sites is 1. The lowest BCUT2D eigenvalue weighted by Crippen LogP contribution is -2.54. The van der Waals surface area contributed by atoms with Crippen LogP contribution in [0.15, 0.2) is 30.5 Å². The fourth-order valence-electron chi connectivity index (χ4n) is 3.40. The molecule has 11 N–H and O–H groups in total. The number of fused-ring (bicyclic) bond motifs is 1. The zero-order chi connectivity index (χ0) is 26.8. The number of benzene rings is 1. The Labute approximate surface area is 205 Å². The van der Waals surface area contributed by atoms with Gasteiger partial charge in [-0.05, 0) is 24.5 Å². The second kappa shape index (κ2) is 12.9. The summed E-state index contributed by atoms with van der Waals surface area (Å²) in [6, 6.07) is 3.52. The second-order valence-corrected chi connectivity index (χ2v) is 8.08. The van der Waals surface area contributed by atoms with Gasteiger partial charge in [0.15, 0.2) is 0 Å². The second-order valence-electron chi connectivity index (χ2n) is 8.08. The molecule has 0 saturated carbocycles. The Bertz CT molecular complexity index is 1150. The fourth-order valence-corrected chi connectivity index (χ4v) is 3.40. The molecule has 0 fully saturated rings. The predicted molar refractivity (Wildman–Crippen MR) is 127 cm³/mol. The molecule has 14 nitrogen and oxygen atoms in total. The molecule has 3 atom stereocenters. The van der Waals surface area contributed by atoms with Crippen molar-refractivity contribution in [3.63, 3.8) is 0 Å². The number of nitrogens with one attached hydrogen (secondary N) is 4. The lowest BCUT2D eigenvalue weighted by Gasteiger charge is -2.21. The van der Waals surface area contributed by atoms with Crippen LogP contribution in [-0.4, -0.2) is 70.3 Å². The third-order valence-corrected chi connectivity index (χ3v) is 5.23. The summed E-state index contributed by atoms with van der Waals surface area (Å²) in [7, 11) is 0. The van der Waals surface area contributed by atoms with Crippen LogP contribution in [0, 0.1) is 0 Å². The molecule has 0 radical (unpaired) electrons. The Morgan fingerprint density at radius 2 is 1.64 bits per heavy atom. The van der Waals surface area contributed by atoms with Crippen molar-refractivity contribution >= 4 is 46.4 Å².